The Hall–Kier alpha value is -5.94. The van der Waals surface area contributed by atoms with Crippen LogP contribution in [0, 0.1) is 25.9 Å². The van der Waals surface area contributed by atoms with Crippen LogP contribution in [0.1, 0.15) is 15.4 Å². The van der Waals surface area contributed by atoms with Gasteiger partial charge in [-0.05, 0) is 65.5 Å². The van der Waals surface area contributed by atoms with Gasteiger partial charge in [0.15, 0.2) is 5.65 Å². The number of hydrogen-bond donors (Lipinski definition) is 0. The maximum absolute atomic E-state index is 7.23. The molecule has 0 spiro atoms. The molecule has 0 unspecified atom stereocenters. The second-order valence-corrected chi connectivity index (χ2v) is 12.1. The molecule has 247 valence electrons. The number of hydrogen-bond acceptors (Lipinski definition) is 4. The minimum Gasteiger partial charge on any atom is -0.500 e. The predicted octanol–water partition coefficient (Wildman–Crippen LogP) is 11.3. The normalized spacial score (nSPS) is 12.3. The summed E-state index contributed by atoms with van der Waals surface area (Å²) < 4.78 is 30.6. The molecular formula is C45H30IrN4O-2. The molecule has 6 heteroatoms. The second kappa shape index (κ2) is 13.4. The van der Waals surface area contributed by atoms with Gasteiger partial charge in [0.2, 0.25) is 0 Å². The van der Waals surface area contributed by atoms with Gasteiger partial charge in [0.1, 0.15) is 5.58 Å². The van der Waals surface area contributed by atoms with Crippen molar-refractivity contribution in [3.05, 3.63) is 169 Å². The Balaban J connectivity index is 0.000000206. The van der Waals surface area contributed by atoms with E-state index in [1.165, 1.54) is 17.0 Å². The molecule has 1 radical (unpaired) electrons. The SMILES string of the molecule is Cc1ccc2c(n1)nc(-c1[c-]ccc3c1oc1c3ccc3ccc4ccccc4c31)n2-c1ccccc1.[2H]C([2H])([2H])c1ccc(-c2[c-]cccc2)nc1.[Ir]. The third-order valence-corrected chi connectivity index (χ3v) is 8.95. The standard InChI is InChI=1S/C33H20N3O.C12H10N.Ir/c1-20-14-19-28-32(34-20)35-33(36(28)23-9-3-2-4-10-23)27-13-7-12-25-26-18-17-22-16-15-21-8-5-6-11-24(21)29(22)31(26)37-30(25)27;1-10-7-8-12(13-9-10)11-5-3-2-4-6-11;/h2-12,14-19H,1H3;2-5,7-9H,1H3;/q2*-1;/i;1D3;. The van der Waals surface area contributed by atoms with E-state index in [1.807, 2.05) is 55.5 Å². The van der Waals surface area contributed by atoms with E-state index < -0.39 is 6.85 Å². The molecule has 5 nitrogen and oxygen atoms in total. The van der Waals surface area contributed by atoms with Crippen LogP contribution < -0.4 is 0 Å². The maximum Gasteiger partial charge on any atom is 0.168 e. The zero-order valence-corrected chi connectivity index (χ0v) is 29.8. The smallest absolute Gasteiger partial charge is 0.168 e. The summed E-state index contributed by atoms with van der Waals surface area (Å²) in [6.07, 6.45) is 1.39. The summed E-state index contributed by atoms with van der Waals surface area (Å²) in [6, 6.07) is 52.8. The monoisotopic (exact) mass is 838 g/mol. The number of nitrogens with zero attached hydrogens (tertiary/aromatic N) is 4. The van der Waals surface area contributed by atoms with E-state index in [-0.39, 0.29) is 25.7 Å². The third-order valence-electron chi connectivity index (χ3n) is 8.95. The average molecular weight is 838 g/mol. The van der Waals surface area contributed by atoms with Crippen LogP contribution in [0.3, 0.4) is 0 Å². The maximum atomic E-state index is 7.23. The molecule has 0 atom stereocenters. The molecule has 0 amide bonds. The van der Waals surface area contributed by atoms with Crippen LogP contribution in [0.25, 0.3) is 83.0 Å². The van der Waals surface area contributed by atoms with E-state index in [2.05, 4.69) is 94.5 Å². The summed E-state index contributed by atoms with van der Waals surface area (Å²) in [5, 5.41) is 6.81. The van der Waals surface area contributed by atoms with E-state index in [4.69, 9.17) is 18.5 Å². The zero-order valence-electron chi connectivity index (χ0n) is 30.4. The molecule has 6 aromatic carbocycles. The Morgan fingerprint density at radius 2 is 1.47 bits per heavy atom. The molecule has 4 heterocycles. The summed E-state index contributed by atoms with van der Waals surface area (Å²) in [5.74, 6) is 0.762. The fourth-order valence-corrected chi connectivity index (χ4v) is 6.62. The molecule has 0 saturated carbocycles. The van der Waals surface area contributed by atoms with Crippen molar-refractivity contribution in [2.75, 3.05) is 0 Å². The van der Waals surface area contributed by atoms with Crippen molar-refractivity contribution in [2.45, 2.75) is 13.8 Å². The Morgan fingerprint density at radius 3 is 2.29 bits per heavy atom. The Labute approximate surface area is 312 Å². The predicted molar refractivity (Wildman–Crippen MR) is 203 cm³/mol. The molecule has 10 aromatic rings. The van der Waals surface area contributed by atoms with E-state index in [0.29, 0.717) is 5.65 Å². The van der Waals surface area contributed by atoms with Gasteiger partial charge < -0.3 is 14.0 Å². The largest absolute Gasteiger partial charge is 0.500 e. The van der Waals surface area contributed by atoms with Gasteiger partial charge in [-0.2, -0.15) is 0 Å². The first kappa shape index (κ1) is 28.9. The summed E-state index contributed by atoms with van der Waals surface area (Å²) in [7, 11) is 0. The minimum atomic E-state index is -2.09. The molecule has 0 saturated heterocycles. The Morgan fingerprint density at radius 1 is 0.667 bits per heavy atom. The molecule has 0 aliphatic heterocycles. The Bertz CT molecular complexity index is 2940. The van der Waals surface area contributed by atoms with Gasteiger partial charge >= 0.3 is 0 Å². The summed E-state index contributed by atoms with van der Waals surface area (Å²) in [4.78, 5) is 13.9. The van der Waals surface area contributed by atoms with Crippen LogP contribution in [0.2, 0.25) is 0 Å². The summed E-state index contributed by atoms with van der Waals surface area (Å²) in [5.41, 5.74) is 7.94. The molecule has 10 rings (SSSR count). The molecule has 0 N–H and O–H groups in total. The van der Waals surface area contributed by atoms with Crippen molar-refractivity contribution in [3.8, 4) is 28.3 Å². The number of rotatable bonds is 3. The first-order valence-corrected chi connectivity index (χ1v) is 16.4. The Kier molecular flexibility index (Phi) is 7.58. The molecule has 0 fully saturated rings. The van der Waals surface area contributed by atoms with Crippen molar-refractivity contribution in [3.63, 3.8) is 0 Å². The number of pyridine rings is 2. The van der Waals surface area contributed by atoms with E-state index in [1.54, 1.807) is 18.2 Å². The summed E-state index contributed by atoms with van der Waals surface area (Å²) >= 11 is 0. The molecular weight excluding hydrogens is 805 g/mol. The quantitative estimate of drug-likeness (QED) is 0.131. The van der Waals surface area contributed by atoms with Gasteiger partial charge in [0.25, 0.3) is 0 Å². The van der Waals surface area contributed by atoms with Crippen molar-refractivity contribution >= 4 is 54.6 Å². The average Bonchev–Trinajstić information content (AvgIpc) is 3.77. The fourth-order valence-electron chi connectivity index (χ4n) is 6.62. The number of imidazole rings is 1. The minimum absolute atomic E-state index is 0. The van der Waals surface area contributed by atoms with Gasteiger partial charge in [-0.15, -0.1) is 54.1 Å². The van der Waals surface area contributed by atoms with Gasteiger partial charge in [-0.25, -0.2) is 4.98 Å². The number of aromatic nitrogens is 4. The van der Waals surface area contributed by atoms with Gasteiger partial charge in [0.05, 0.1) is 16.9 Å². The van der Waals surface area contributed by atoms with E-state index in [0.717, 1.165) is 72.3 Å². The zero-order chi connectivity index (χ0) is 36.1. The third kappa shape index (κ3) is 5.79. The molecule has 0 aliphatic carbocycles. The number of benzene rings is 6. The molecule has 4 aromatic heterocycles. The van der Waals surface area contributed by atoms with Crippen LogP contribution in [0.4, 0.5) is 0 Å². The van der Waals surface area contributed by atoms with Gasteiger partial charge in [-0.3, -0.25) is 4.98 Å². The number of furan rings is 1. The number of fused-ring (bicyclic) bond motifs is 8. The van der Waals surface area contributed by atoms with Crippen LogP contribution in [0.15, 0.2) is 150 Å². The van der Waals surface area contributed by atoms with Crippen molar-refractivity contribution in [2.24, 2.45) is 0 Å². The van der Waals surface area contributed by atoms with Crippen molar-refractivity contribution in [1.29, 1.82) is 0 Å². The molecule has 51 heavy (non-hydrogen) atoms. The number of para-hydroxylation sites is 1. The van der Waals surface area contributed by atoms with Gasteiger partial charge in [-0.1, -0.05) is 89.8 Å². The van der Waals surface area contributed by atoms with Crippen LogP contribution in [0.5, 0.6) is 0 Å². The van der Waals surface area contributed by atoms with E-state index >= 15 is 0 Å². The van der Waals surface area contributed by atoms with Crippen LogP contribution in [-0.2, 0) is 20.1 Å². The fraction of sp³-hybridized carbons (Fsp3) is 0.0444. The van der Waals surface area contributed by atoms with Crippen LogP contribution >= 0.6 is 0 Å². The molecule has 0 bridgehead atoms. The van der Waals surface area contributed by atoms with E-state index in [9.17, 15) is 0 Å². The van der Waals surface area contributed by atoms with Crippen molar-refractivity contribution in [1.82, 2.24) is 19.5 Å². The first-order chi connectivity index (χ1) is 25.8. The summed E-state index contributed by atoms with van der Waals surface area (Å²) in [6.45, 7) is -0.103. The molecule has 0 aliphatic rings. The topological polar surface area (TPSA) is 56.7 Å². The van der Waals surface area contributed by atoms with Crippen molar-refractivity contribution < 1.29 is 28.6 Å². The van der Waals surface area contributed by atoms with Crippen LogP contribution in [-0.4, -0.2) is 19.5 Å². The number of aryl methyl sites for hydroxylation is 2. The first-order valence-electron chi connectivity index (χ1n) is 17.9. The second-order valence-electron chi connectivity index (χ2n) is 12.1. The van der Waals surface area contributed by atoms with Gasteiger partial charge in [0, 0.05) is 52.6 Å².